The van der Waals surface area contributed by atoms with E-state index in [9.17, 15) is 8.42 Å². The molecule has 1 aromatic heterocycles. The van der Waals surface area contributed by atoms with Gasteiger partial charge in [-0.05, 0) is 19.7 Å². The lowest BCUT2D eigenvalue weighted by Crippen LogP contribution is -2.32. The highest BCUT2D eigenvalue weighted by Crippen LogP contribution is 2.09. The van der Waals surface area contributed by atoms with E-state index in [0.717, 1.165) is 6.54 Å². The molecule has 0 saturated carbocycles. The number of pyridine rings is 1. The Morgan fingerprint density at radius 3 is 2.82 bits per heavy atom. The van der Waals surface area contributed by atoms with Crippen LogP contribution in [0.5, 0.6) is 0 Å². The third kappa shape index (κ3) is 4.29. The van der Waals surface area contributed by atoms with E-state index in [0.29, 0.717) is 13.1 Å². The minimum Gasteiger partial charge on any atom is -0.384 e. The van der Waals surface area contributed by atoms with Gasteiger partial charge in [-0.15, -0.1) is 0 Å². The monoisotopic (exact) mass is 258 g/mol. The molecule has 0 radical (unpaired) electrons. The van der Waals surface area contributed by atoms with Crippen LogP contribution < -0.4 is 10.5 Å². The number of likely N-dealkylation sites (N-methyl/N-ethyl adjacent to an activating group) is 1. The first kappa shape index (κ1) is 13.9. The molecule has 1 rings (SSSR count). The van der Waals surface area contributed by atoms with Crippen LogP contribution >= 0.6 is 0 Å². The van der Waals surface area contributed by atoms with E-state index < -0.39 is 10.0 Å². The molecule has 0 aliphatic rings. The van der Waals surface area contributed by atoms with Crippen molar-refractivity contribution in [2.24, 2.45) is 0 Å². The molecule has 0 unspecified atom stereocenters. The van der Waals surface area contributed by atoms with E-state index in [1.807, 2.05) is 18.9 Å². The molecule has 17 heavy (non-hydrogen) atoms. The van der Waals surface area contributed by atoms with Gasteiger partial charge in [0.15, 0.2) is 0 Å². The summed E-state index contributed by atoms with van der Waals surface area (Å²) in [7, 11) is -1.55. The second-order valence-corrected chi connectivity index (χ2v) is 5.48. The van der Waals surface area contributed by atoms with Crippen molar-refractivity contribution in [2.45, 2.75) is 11.8 Å². The molecule has 1 heterocycles. The SMILES string of the molecule is CCN(C)CCNS(=O)(=O)c1ccnc(N)c1. The quantitative estimate of drug-likeness (QED) is 0.743. The summed E-state index contributed by atoms with van der Waals surface area (Å²) in [6, 6.07) is 2.76. The molecule has 0 aliphatic carbocycles. The zero-order valence-electron chi connectivity index (χ0n) is 10.0. The molecule has 0 aromatic carbocycles. The molecular formula is C10H18N4O2S. The van der Waals surface area contributed by atoms with Crippen molar-refractivity contribution in [1.29, 1.82) is 0 Å². The fourth-order valence-electron chi connectivity index (χ4n) is 1.21. The molecule has 3 N–H and O–H groups in total. The molecule has 0 aliphatic heterocycles. The van der Waals surface area contributed by atoms with Crippen LogP contribution in [0.1, 0.15) is 6.92 Å². The highest BCUT2D eigenvalue weighted by atomic mass is 32.2. The van der Waals surface area contributed by atoms with Crippen molar-refractivity contribution in [3.8, 4) is 0 Å². The largest absolute Gasteiger partial charge is 0.384 e. The van der Waals surface area contributed by atoms with Crippen LogP contribution in [-0.2, 0) is 10.0 Å². The van der Waals surface area contributed by atoms with Gasteiger partial charge >= 0.3 is 0 Å². The third-order valence-electron chi connectivity index (χ3n) is 2.39. The lowest BCUT2D eigenvalue weighted by Gasteiger charge is -2.14. The van der Waals surface area contributed by atoms with E-state index in [-0.39, 0.29) is 10.7 Å². The summed E-state index contributed by atoms with van der Waals surface area (Å²) in [5.74, 6) is 0.193. The van der Waals surface area contributed by atoms with Gasteiger partial charge in [0.05, 0.1) is 4.90 Å². The first-order valence-corrected chi connectivity index (χ1v) is 6.83. The van der Waals surface area contributed by atoms with E-state index in [1.165, 1.54) is 18.3 Å². The summed E-state index contributed by atoms with van der Waals surface area (Å²) in [4.78, 5) is 5.91. The Balaban J connectivity index is 2.63. The van der Waals surface area contributed by atoms with Crippen LogP contribution in [-0.4, -0.2) is 45.0 Å². The topological polar surface area (TPSA) is 88.3 Å². The first-order valence-electron chi connectivity index (χ1n) is 5.35. The number of hydrogen-bond acceptors (Lipinski definition) is 5. The maximum Gasteiger partial charge on any atom is 0.240 e. The van der Waals surface area contributed by atoms with Gasteiger partial charge in [-0.2, -0.15) is 0 Å². The summed E-state index contributed by atoms with van der Waals surface area (Å²) >= 11 is 0. The molecule has 0 atom stereocenters. The Bertz CT molecular complexity index is 461. The number of anilines is 1. The van der Waals surface area contributed by atoms with Crippen molar-refractivity contribution in [3.63, 3.8) is 0 Å². The van der Waals surface area contributed by atoms with Crippen LogP contribution in [0.3, 0.4) is 0 Å². The zero-order chi connectivity index (χ0) is 12.9. The van der Waals surface area contributed by atoms with Crippen molar-refractivity contribution >= 4 is 15.8 Å². The Morgan fingerprint density at radius 2 is 2.24 bits per heavy atom. The molecule has 0 bridgehead atoms. The Kier molecular flexibility index (Phi) is 4.86. The van der Waals surface area contributed by atoms with Crippen molar-refractivity contribution in [2.75, 3.05) is 32.4 Å². The van der Waals surface area contributed by atoms with Gasteiger partial charge in [0.25, 0.3) is 0 Å². The molecule has 6 nitrogen and oxygen atoms in total. The predicted molar refractivity (Wildman–Crippen MR) is 67.0 cm³/mol. The molecule has 0 saturated heterocycles. The zero-order valence-corrected chi connectivity index (χ0v) is 10.9. The van der Waals surface area contributed by atoms with Crippen LogP contribution in [0, 0.1) is 0 Å². The lowest BCUT2D eigenvalue weighted by atomic mass is 10.5. The van der Waals surface area contributed by atoms with Gasteiger partial charge < -0.3 is 10.6 Å². The first-order chi connectivity index (χ1) is 7.95. The second kappa shape index (κ2) is 5.95. The number of sulfonamides is 1. The van der Waals surface area contributed by atoms with E-state index >= 15 is 0 Å². The molecule has 7 heteroatoms. The van der Waals surface area contributed by atoms with Gasteiger partial charge in [0.2, 0.25) is 10.0 Å². The van der Waals surface area contributed by atoms with Gasteiger partial charge in [-0.25, -0.2) is 18.1 Å². The minimum absolute atomic E-state index is 0.143. The summed E-state index contributed by atoms with van der Waals surface area (Å²) < 4.78 is 26.2. The van der Waals surface area contributed by atoms with Gasteiger partial charge in [-0.1, -0.05) is 6.92 Å². The highest BCUT2D eigenvalue weighted by Gasteiger charge is 2.13. The maximum atomic E-state index is 11.8. The summed E-state index contributed by atoms with van der Waals surface area (Å²) in [6.45, 7) is 3.92. The van der Waals surface area contributed by atoms with E-state index in [2.05, 4.69) is 9.71 Å². The van der Waals surface area contributed by atoms with Gasteiger partial charge in [-0.3, -0.25) is 0 Å². The number of nitrogen functional groups attached to an aromatic ring is 1. The van der Waals surface area contributed by atoms with Crippen LogP contribution in [0.2, 0.25) is 0 Å². The van der Waals surface area contributed by atoms with Crippen molar-refractivity contribution in [1.82, 2.24) is 14.6 Å². The number of rotatable bonds is 6. The number of nitrogens with zero attached hydrogens (tertiary/aromatic N) is 2. The Morgan fingerprint density at radius 1 is 1.53 bits per heavy atom. The normalized spacial score (nSPS) is 11.9. The molecule has 0 fully saturated rings. The van der Waals surface area contributed by atoms with Crippen LogP contribution in [0.4, 0.5) is 5.82 Å². The molecular weight excluding hydrogens is 240 g/mol. The van der Waals surface area contributed by atoms with Gasteiger partial charge in [0.1, 0.15) is 5.82 Å². The average molecular weight is 258 g/mol. The Labute approximate surface area is 102 Å². The van der Waals surface area contributed by atoms with E-state index in [4.69, 9.17) is 5.73 Å². The standard InChI is InChI=1S/C10H18N4O2S/c1-3-14(2)7-6-13-17(15,16)9-4-5-12-10(11)8-9/h4-5,8,13H,3,6-7H2,1-2H3,(H2,11,12). The molecule has 96 valence electrons. The number of nitrogens with one attached hydrogen (secondary N) is 1. The van der Waals surface area contributed by atoms with Gasteiger partial charge in [0, 0.05) is 25.4 Å². The smallest absolute Gasteiger partial charge is 0.240 e. The number of hydrogen-bond donors (Lipinski definition) is 2. The highest BCUT2D eigenvalue weighted by molar-refractivity contribution is 7.89. The maximum absolute atomic E-state index is 11.8. The Hall–Kier alpha value is -1.18. The average Bonchev–Trinajstić information content (AvgIpc) is 2.28. The lowest BCUT2D eigenvalue weighted by molar-refractivity contribution is 0.358. The van der Waals surface area contributed by atoms with Crippen LogP contribution in [0.15, 0.2) is 23.2 Å². The minimum atomic E-state index is -3.48. The predicted octanol–water partition coefficient (Wildman–Crippen LogP) is -0.106. The number of nitrogens with two attached hydrogens (primary N) is 1. The fourth-order valence-corrected chi connectivity index (χ4v) is 2.25. The summed E-state index contributed by atoms with van der Waals surface area (Å²) in [5, 5.41) is 0. The van der Waals surface area contributed by atoms with Crippen molar-refractivity contribution in [3.05, 3.63) is 18.3 Å². The van der Waals surface area contributed by atoms with Crippen LogP contribution in [0.25, 0.3) is 0 Å². The molecule has 0 amide bonds. The van der Waals surface area contributed by atoms with Crippen molar-refractivity contribution < 1.29 is 8.42 Å². The number of aromatic nitrogens is 1. The molecule has 0 spiro atoms. The third-order valence-corrected chi connectivity index (χ3v) is 3.85. The summed E-state index contributed by atoms with van der Waals surface area (Å²) in [6.07, 6.45) is 1.38. The summed E-state index contributed by atoms with van der Waals surface area (Å²) in [5.41, 5.74) is 5.44. The second-order valence-electron chi connectivity index (χ2n) is 3.71. The van der Waals surface area contributed by atoms with E-state index in [1.54, 1.807) is 0 Å². The fraction of sp³-hybridized carbons (Fsp3) is 0.500. The molecule has 1 aromatic rings.